The maximum atomic E-state index is 2.50. The Kier molecular flexibility index (Phi) is 9.32. The third kappa shape index (κ3) is 6.75. The minimum Gasteiger partial charge on any atom is -0.0622 e. The highest BCUT2D eigenvalue weighted by molar-refractivity contribution is 6.26. The first kappa shape index (κ1) is 42.6. The van der Waals surface area contributed by atoms with E-state index in [1.165, 1.54) is 159 Å². The average Bonchev–Trinajstić information content (AvgIpc) is 3.44. The fourth-order valence-corrected chi connectivity index (χ4v) is 12.6. The molecule has 15 aromatic rings. The Morgan fingerprint density at radius 1 is 0.203 bits per heavy atom. The molecule has 0 aliphatic heterocycles. The van der Waals surface area contributed by atoms with E-state index in [2.05, 4.69) is 269 Å². The molecular formula is C74H50. The zero-order valence-electron chi connectivity index (χ0n) is 41.7. The lowest BCUT2D eigenvalue weighted by Gasteiger charge is -2.24. The highest BCUT2D eigenvalue weighted by atomic mass is 14.3. The van der Waals surface area contributed by atoms with Crippen LogP contribution in [0.4, 0.5) is 0 Å². The first-order valence-corrected chi connectivity index (χ1v) is 26.0. The van der Waals surface area contributed by atoms with Crippen LogP contribution in [0, 0.1) is 0 Å². The van der Waals surface area contributed by atoms with E-state index < -0.39 is 0 Å². The average molecular weight is 939 g/mol. The predicted molar refractivity (Wildman–Crippen MR) is 320 cm³/mol. The van der Waals surface area contributed by atoms with Crippen molar-refractivity contribution < 1.29 is 0 Å². The molecule has 0 saturated carbocycles. The zero-order valence-corrected chi connectivity index (χ0v) is 41.7. The van der Waals surface area contributed by atoms with Crippen LogP contribution in [0.15, 0.2) is 249 Å². The molecule has 15 rings (SSSR count). The van der Waals surface area contributed by atoms with Crippen LogP contribution in [0.2, 0.25) is 0 Å². The molecule has 0 radical (unpaired) electrons. The number of rotatable bonds is 6. The van der Waals surface area contributed by atoms with Gasteiger partial charge in [-0.3, -0.25) is 0 Å². The smallest absolute Gasteiger partial charge is 0.00258 e. The molecule has 0 bridgehead atoms. The Morgan fingerprint density at radius 3 is 0.919 bits per heavy atom. The summed E-state index contributed by atoms with van der Waals surface area (Å²) < 4.78 is 0. The van der Waals surface area contributed by atoms with Crippen LogP contribution in [0.25, 0.3) is 153 Å². The van der Waals surface area contributed by atoms with Crippen molar-refractivity contribution in [3.63, 3.8) is 0 Å². The number of hydrogen-bond acceptors (Lipinski definition) is 0. The van der Waals surface area contributed by atoms with Crippen molar-refractivity contribution >= 4 is 86.2 Å². The van der Waals surface area contributed by atoms with Gasteiger partial charge in [0.2, 0.25) is 0 Å². The van der Waals surface area contributed by atoms with Gasteiger partial charge in [-0.15, -0.1) is 0 Å². The monoisotopic (exact) mass is 938 g/mol. The van der Waals surface area contributed by atoms with Gasteiger partial charge in [0.25, 0.3) is 0 Å². The normalized spacial score (nSPS) is 12.3. The highest BCUT2D eigenvalue weighted by Crippen LogP contribution is 2.49. The van der Waals surface area contributed by atoms with Crippen LogP contribution in [-0.4, -0.2) is 0 Å². The van der Waals surface area contributed by atoms with Crippen molar-refractivity contribution in [2.24, 2.45) is 0 Å². The molecule has 0 atom stereocenters. The molecule has 346 valence electrons. The lowest BCUT2D eigenvalue weighted by Crippen LogP contribution is -2.10. The lowest BCUT2D eigenvalue weighted by molar-refractivity contribution is 0.591. The van der Waals surface area contributed by atoms with E-state index in [0.29, 0.717) is 0 Å². The van der Waals surface area contributed by atoms with Gasteiger partial charge in [0.15, 0.2) is 0 Å². The molecular weight excluding hydrogens is 889 g/mol. The van der Waals surface area contributed by atoms with Gasteiger partial charge in [-0.2, -0.15) is 0 Å². The summed E-state index contributed by atoms with van der Waals surface area (Å²) in [6.07, 6.45) is 0. The zero-order chi connectivity index (χ0) is 49.2. The molecule has 0 unspecified atom stereocenters. The topological polar surface area (TPSA) is 0 Å². The predicted octanol–water partition coefficient (Wildman–Crippen LogP) is 21.1. The second-order valence-electron chi connectivity index (χ2n) is 21.7. The summed E-state index contributed by atoms with van der Waals surface area (Å²) in [5.41, 5.74) is 15.8. The van der Waals surface area contributed by atoms with Crippen LogP contribution < -0.4 is 0 Å². The Labute approximate surface area is 431 Å². The van der Waals surface area contributed by atoms with Crippen LogP contribution in [0.3, 0.4) is 0 Å². The van der Waals surface area contributed by atoms with Gasteiger partial charge in [0, 0.05) is 0 Å². The maximum absolute atomic E-state index is 2.50. The van der Waals surface area contributed by atoms with E-state index in [9.17, 15) is 0 Å². The van der Waals surface area contributed by atoms with Gasteiger partial charge in [0.1, 0.15) is 0 Å². The number of hydrogen-bond donors (Lipinski definition) is 0. The Balaban J connectivity index is 1.03. The Hall–Kier alpha value is -9.10. The molecule has 0 nitrogen and oxygen atoms in total. The van der Waals surface area contributed by atoms with Crippen LogP contribution >= 0.6 is 0 Å². The van der Waals surface area contributed by atoms with Crippen LogP contribution in [-0.2, 0) is 5.41 Å². The Morgan fingerprint density at radius 2 is 0.514 bits per heavy atom. The summed E-state index contributed by atoms with van der Waals surface area (Å²) in [4.78, 5) is 0. The SMILES string of the molecule is CC(C)(C)c1ccc2c(-c3cc(-c4cc5ccc6cccc7ccc(c4)c5c67)cc(-c4cc5ccc6cccc7ccc(c4)c5c67)c3)c3ccccc3c(-c3cc(-c4ccccc4)cc(-c4ccccc4)c3)c2c1. The molecule has 74 heavy (non-hydrogen) atoms. The lowest BCUT2D eigenvalue weighted by atomic mass is 9.80. The summed E-state index contributed by atoms with van der Waals surface area (Å²) >= 11 is 0. The third-order valence-corrected chi connectivity index (χ3v) is 16.1. The summed E-state index contributed by atoms with van der Waals surface area (Å²) in [6.45, 7) is 7.00. The molecule has 0 aromatic heterocycles. The van der Waals surface area contributed by atoms with Crippen molar-refractivity contribution in [1.29, 1.82) is 0 Å². The Bertz CT molecular complexity index is 4370. The van der Waals surface area contributed by atoms with Crippen LogP contribution in [0.5, 0.6) is 0 Å². The second kappa shape index (κ2) is 16.2. The molecule has 0 aliphatic carbocycles. The van der Waals surface area contributed by atoms with E-state index in [4.69, 9.17) is 0 Å². The number of benzene rings is 15. The van der Waals surface area contributed by atoms with Gasteiger partial charge in [-0.05, 0) is 231 Å². The molecule has 0 spiro atoms. The summed E-state index contributed by atoms with van der Waals surface area (Å²) in [5.74, 6) is 0. The van der Waals surface area contributed by atoms with Gasteiger partial charge in [-0.25, -0.2) is 0 Å². The van der Waals surface area contributed by atoms with E-state index in [0.717, 1.165) is 0 Å². The fourth-order valence-electron chi connectivity index (χ4n) is 12.6. The maximum Gasteiger partial charge on any atom is -0.00258 e. The van der Waals surface area contributed by atoms with E-state index in [1.54, 1.807) is 0 Å². The molecule has 0 aliphatic rings. The summed E-state index contributed by atoms with van der Waals surface area (Å²) in [6, 6.07) is 94.3. The van der Waals surface area contributed by atoms with Gasteiger partial charge >= 0.3 is 0 Å². The standard InChI is InChI=1S/C74H50/c1-74(2,3)63-32-33-66-67(44-63)73(62-40-55(45-14-6-4-7-15-45)38-56(41-62)46-16-8-5-9-17-46)65-23-11-10-22-64(65)72(66)61-42-59(57-34-51-28-24-47-18-12-19-48-25-29-52(35-57)70(51)68(47)48)39-60(43-61)58-36-53-30-26-49-20-13-21-50-27-31-54(37-58)71(53)69(49)50/h4-44H,1-3H3. The van der Waals surface area contributed by atoms with Crippen molar-refractivity contribution in [3.05, 3.63) is 254 Å². The minimum atomic E-state index is -0.0702. The van der Waals surface area contributed by atoms with Crippen molar-refractivity contribution in [1.82, 2.24) is 0 Å². The first-order valence-electron chi connectivity index (χ1n) is 26.0. The first-order chi connectivity index (χ1) is 36.3. The van der Waals surface area contributed by atoms with Gasteiger partial charge in [-0.1, -0.05) is 203 Å². The van der Waals surface area contributed by atoms with Gasteiger partial charge < -0.3 is 0 Å². The molecule has 0 heteroatoms. The fraction of sp³-hybridized carbons (Fsp3) is 0.0541. The van der Waals surface area contributed by atoms with Crippen LogP contribution in [0.1, 0.15) is 26.3 Å². The third-order valence-electron chi connectivity index (χ3n) is 16.1. The second-order valence-corrected chi connectivity index (χ2v) is 21.7. The minimum absolute atomic E-state index is 0.0702. The van der Waals surface area contributed by atoms with E-state index in [1.807, 2.05) is 0 Å². The van der Waals surface area contributed by atoms with E-state index >= 15 is 0 Å². The molecule has 0 N–H and O–H groups in total. The highest BCUT2D eigenvalue weighted by Gasteiger charge is 2.23. The molecule has 0 fully saturated rings. The van der Waals surface area contributed by atoms with Crippen molar-refractivity contribution in [3.8, 4) is 66.8 Å². The number of fused-ring (bicyclic) bond motifs is 2. The molecule has 0 amide bonds. The molecule has 0 heterocycles. The summed E-state index contributed by atoms with van der Waals surface area (Å²) in [7, 11) is 0. The quantitative estimate of drug-likeness (QED) is 0.115. The molecule has 0 saturated heterocycles. The molecule has 15 aromatic carbocycles. The largest absolute Gasteiger partial charge is 0.0622 e. The summed E-state index contributed by atoms with van der Waals surface area (Å²) in [5, 5.41) is 20.5. The van der Waals surface area contributed by atoms with E-state index in [-0.39, 0.29) is 5.41 Å². The van der Waals surface area contributed by atoms with Crippen molar-refractivity contribution in [2.75, 3.05) is 0 Å². The van der Waals surface area contributed by atoms with Gasteiger partial charge in [0.05, 0.1) is 0 Å². The van der Waals surface area contributed by atoms with Crippen molar-refractivity contribution in [2.45, 2.75) is 26.2 Å².